The molecule has 196 valence electrons. The maximum Gasteiger partial charge on any atom is 0.266 e. The number of methoxy groups -OCH3 is 1. The van der Waals surface area contributed by atoms with Crippen molar-refractivity contribution in [3.8, 4) is 23.3 Å². The first-order valence-corrected chi connectivity index (χ1v) is 13.4. The molecule has 8 heteroatoms. The second-order valence-corrected chi connectivity index (χ2v) is 9.97. The predicted octanol–water partition coefficient (Wildman–Crippen LogP) is 7.66. The SMILES string of the molecule is COc1cc(/C=C(\C#N)C(=O)Nc2ccc(OCc3ccccc3)cc2)cc(I)c1OCc1cccc(Cl)c1. The fourth-order valence-corrected chi connectivity index (χ4v) is 4.63. The predicted molar refractivity (Wildman–Crippen MR) is 161 cm³/mol. The van der Waals surface area contributed by atoms with Crippen molar-refractivity contribution in [3.05, 3.63) is 122 Å². The van der Waals surface area contributed by atoms with Gasteiger partial charge < -0.3 is 19.5 Å². The van der Waals surface area contributed by atoms with Crippen molar-refractivity contribution in [2.45, 2.75) is 13.2 Å². The molecule has 1 amide bonds. The molecule has 39 heavy (non-hydrogen) atoms. The number of hydrogen-bond acceptors (Lipinski definition) is 5. The Balaban J connectivity index is 1.42. The number of rotatable bonds is 10. The summed E-state index contributed by atoms with van der Waals surface area (Å²) < 4.78 is 18.1. The summed E-state index contributed by atoms with van der Waals surface area (Å²) in [6.07, 6.45) is 1.51. The topological polar surface area (TPSA) is 80.6 Å². The standard InChI is InChI=1S/C31H24ClIN2O4/c1-37-29-17-23(16-28(33)30(29)39-20-22-8-5-9-25(32)15-22)14-24(18-34)31(36)35-26-10-12-27(13-11-26)38-19-21-6-3-2-4-7-21/h2-17H,19-20H2,1H3,(H,35,36)/b24-14+. The molecule has 0 radical (unpaired) electrons. The van der Waals surface area contributed by atoms with Crippen LogP contribution in [0.15, 0.2) is 96.6 Å². The van der Waals surface area contributed by atoms with Crippen LogP contribution in [-0.4, -0.2) is 13.0 Å². The second-order valence-electron chi connectivity index (χ2n) is 8.38. The molecular weight excluding hydrogens is 627 g/mol. The molecule has 0 aliphatic rings. The van der Waals surface area contributed by atoms with Gasteiger partial charge in [-0.05, 0) is 93.9 Å². The fourth-order valence-electron chi connectivity index (χ4n) is 3.63. The van der Waals surface area contributed by atoms with Gasteiger partial charge in [-0.1, -0.05) is 54.1 Å². The van der Waals surface area contributed by atoms with Crippen LogP contribution in [0.2, 0.25) is 5.02 Å². The molecule has 4 rings (SSSR count). The summed E-state index contributed by atoms with van der Waals surface area (Å²) in [7, 11) is 1.54. The first kappa shape index (κ1) is 28.0. The highest BCUT2D eigenvalue weighted by molar-refractivity contribution is 14.1. The maximum atomic E-state index is 12.8. The second kappa shape index (κ2) is 13.7. The first-order valence-electron chi connectivity index (χ1n) is 11.9. The van der Waals surface area contributed by atoms with Crippen molar-refractivity contribution >= 4 is 51.9 Å². The lowest BCUT2D eigenvalue weighted by molar-refractivity contribution is -0.112. The lowest BCUT2D eigenvalue weighted by Gasteiger charge is -2.14. The van der Waals surface area contributed by atoms with E-state index in [2.05, 4.69) is 27.9 Å². The lowest BCUT2D eigenvalue weighted by Crippen LogP contribution is -2.13. The molecule has 0 aliphatic carbocycles. The number of nitriles is 1. The summed E-state index contributed by atoms with van der Waals surface area (Å²) in [5, 5.41) is 13.1. The van der Waals surface area contributed by atoms with Gasteiger partial charge >= 0.3 is 0 Å². The van der Waals surface area contributed by atoms with Gasteiger partial charge in [0.15, 0.2) is 11.5 Å². The Morgan fingerprint density at radius 1 is 0.949 bits per heavy atom. The van der Waals surface area contributed by atoms with Crippen LogP contribution in [0.4, 0.5) is 5.69 Å². The molecule has 0 atom stereocenters. The third-order valence-electron chi connectivity index (χ3n) is 5.56. The molecule has 0 fully saturated rings. The summed E-state index contributed by atoms with van der Waals surface area (Å²) in [4.78, 5) is 12.8. The van der Waals surface area contributed by atoms with Gasteiger partial charge in [0.05, 0.1) is 10.7 Å². The van der Waals surface area contributed by atoms with Crippen molar-refractivity contribution in [1.29, 1.82) is 5.26 Å². The summed E-state index contributed by atoms with van der Waals surface area (Å²) in [5.74, 6) is 1.20. The van der Waals surface area contributed by atoms with Crippen LogP contribution in [0.25, 0.3) is 6.08 Å². The van der Waals surface area contributed by atoms with E-state index in [1.54, 1.807) is 36.4 Å². The van der Waals surface area contributed by atoms with E-state index < -0.39 is 5.91 Å². The Morgan fingerprint density at radius 2 is 1.67 bits per heavy atom. The quantitative estimate of drug-likeness (QED) is 0.108. The zero-order valence-corrected chi connectivity index (χ0v) is 23.9. The monoisotopic (exact) mass is 650 g/mol. The average Bonchev–Trinajstić information content (AvgIpc) is 2.95. The molecule has 6 nitrogen and oxygen atoms in total. The smallest absolute Gasteiger partial charge is 0.266 e. The molecule has 4 aromatic carbocycles. The fraction of sp³-hybridized carbons (Fsp3) is 0.0968. The van der Waals surface area contributed by atoms with Crippen LogP contribution in [0.1, 0.15) is 16.7 Å². The zero-order chi connectivity index (χ0) is 27.6. The van der Waals surface area contributed by atoms with Gasteiger partial charge in [-0.15, -0.1) is 0 Å². The van der Waals surface area contributed by atoms with Gasteiger partial charge in [-0.2, -0.15) is 5.26 Å². The van der Waals surface area contributed by atoms with Crippen molar-refractivity contribution in [2.75, 3.05) is 12.4 Å². The number of carbonyl (C=O) groups is 1. The molecule has 4 aromatic rings. The number of amides is 1. The van der Waals surface area contributed by atoms with Crippen LogP contribution in [0, 0.1) is 14.9 Å². The lowest BCUT2D eigenvalue weighted by atomic mass is 10.1. The molecule has 0 spiro atoms. The minimum absolute atomic E-state index is 0.0511. The first-order chi connectivity index (χ1) is 18.9. The third-order valence-corrected chi connectivity index (χ3v) is 6.60. The van der Waals surface area contributed by atoms with Crippen LogP contribution < -0.4 is 19.5 Å². The molecule has 0 saturated carbocycles. The molecule has 0 bridgehead atoms. The number of benzene rings is 4. The third kappa shape index (κ3) is 7.99. The number of ether oxygens (including phenoxy) is 3. The summed E-state index contributed by atoms with van der Waals surface area (Å²) >= 11 is 8.20. The van der Waals surface area contributed by atoms with Crippen LogP contribution in [0.3, 0.4) is 0 Å². The number of carbonyl (C=O) groups excluding carboxylic acids is 1. The molecule has 0 heterocycles. The molecule has 0 aromatic heterocycles. The van der Waals surface area contributed by atoms with E-state index in [9.17, 15) is 10.1 Å². The van der Waals surface area contributed by atoms with Gasteiger partial charge in [0.25, 0.3) is 5.91 Å². The Labute approximate surface area is 245 Å². The largest absolute Gasteiger partial charge is 0.493 e. The van der Waals surface area contributed by atoms with Crippen molar-refractivity contribution < 1.29 is 19.0 Å². The minimum Gasteiger partial charge on any atom is -0.493 e. The normalized spacial score (nSPS) is 10.9. The Bertz CT molecular complexity index is 1520. The average molecular weight is 651 g/mol. The number of halogens is 2. The van der Waals surface area contributed by atoms with Gasteiger partial charge in [0.1, 0.15) is 30.6 Å². The number of anilines is 1. The number of nitrogens with one attached hydrogen (secondary N) is 1. The Hall–Kier alpha value is -4.00. The summed E-state index contributed by atoms with van der Waals surface area (Å²) in [5.41, 5.74) is 3.10. The van der Waals surface area contributed by atoms with Gasteiger partial charge in [-0.25, -0.2) is 0 Å². The molecule has 0 aliphatic heterocycles. The van der Waals surface area contributed by atoms with Crippen LogP contribution in [0.5, 0.6) is 17.2 Å². The van der Waals surface area contributed by atoms with Gasteiger partial charge in [0, 0.05) is 10.7 Å². The molecule has 0 saturated heterocycles. The van der Waals surface area contributed by atoms with Crippen LogP contribution >= 0.6 is 34.2 Å². The molecule has 0 unspecified atom stereocenters. The Kier molecular flexibility index (Phi) is 9.84. The van der Waals surface area contributed by atoms with E-state index in [0.717, 1.165) is 14.7 Å². The van der Waals surface area contributed by atoms with E-state index in [0.29, 0.717) is 46.7 Å². The molecule has 1 N–H and O–H groups in total. The Morgan fingerprint density at radius 3 is 2.36 bits per heavy atom. The number of nitrogens with zero attached hydrogens (tertiary/aromatic N) is 1. The minimum atomic E-state index is -0.522. The summed E-state index contributed by atoms with van der Waals surface area (Å²) in [6, 6.07) is 29.8. The highest BCUT2D eigenvalue weighted by Gasteiger charge is 2.14. The van der Waals surface area contributed by atoms with E-state index >= 15 is 0 Å². The van der Waals surface area contributed by atoms with E-state index in [-0.39, 0.29) is 5.57 Å². The highest BCUT2D eigenvalue weighted by atomic mass is 127. The molecular formula is C31H24ClIN2O4. The van der Waals surface area contributed by atoms with E-state index in [1.165, 1.54) is 13.2 Å². The van der Waals surface area contributed by atoms with Gasteiger partial charge in [0.2, 0.25) is 0 Å². The zero-order valence-electron chi connectivity index (χ0n) is 21.0. The highest BCUT2D eigenvalue weighted by Crippen LogP contribution is 2.35. The number of hydrogen-bond donors (Lipinski definition) is 1. The van der Waals surface area contributed by atoms with Gasteiger partial charge in [-0.3, -0.25) is 4.79 Å². The van der Waals surface area contributed by atoms with Crippen molar-refractivity contribution in [1.82, 2.24) is 0 Å². The van der Waals surface area contributed by atoms with Crippen molar-refractivity contribution in [2.24, 2.45) is 0 Å². The summed E-state index contributed by atoms with van der Waals surface area (Å²) in [6.45, 7) is 0.755. The maximum absolute atomic E-state index is 12.8. The van der Waals surface area contributed by atoms with E-state index in [4.69, 9.17) is 25.8 Å². The van der Waals surface area contributed by atoms with E-state index in [1.807, 2.05) is 60.7 Å². The van der Waals surface area contributed by atoms with Crippen molar-refractivity contribution in [3.63, 3.8) is 0 Å². The van der Waals surface area contributed by atoms with Crippen LogP contribution in [-0.2, 0) is 18.0 Å².